The van der Waals surface area contributed by atoms with E-state index in [0.717, 1.165) is 0 Å². The van der Waals surface area contributed by atoms with E-state index < -0.39 is 0 Å². The Hall–Kier alpha value is -2.09. The molecule has 0 saturated heterocycles. The van der Waals surface area contributed by atoms with Gasteiger partial charge in [0, 0.05) is 0 Å². The van der Waals surface area contributed by atoms with Crippen LogP contribution in [0.3, 0.4) is 0 Å². The zero-order chi connectivity index (χ0) is 16.1. The summed E-state index contributed by atoms with van der Waals surface area (Å²) in [5.74, 6) is 1.27. The molecule has 0 bridgehead atoms. The Kier molecular flexibility index (Phi) is 3.36. The number of fused-ring (bicyclic) bond motifs is 1. The first-order chi connectivity index (χ1) is 10.3. The molecule has 114 valence electrons. The first-order valence-electron chi connectivity index (χ1n) is 7.88. The summed E-state index contributed by atoms with van der Waals surface area (Å²) in [6.45, 7) is 11.2. The number of rotatable bonds is 1. The Morgan fingerprint density at radius 1 is 0.955 bits per heavy atom. The summed E-state index contributed by atoms with van der Waals surface area (Å²) in [4.78, 5) is 0. The van der Waals surface area contributed by atoms with Crippen molar-refractivity contribution in [1.29, 1.82) is 0 Å². The lowest BCUT2D eigenvalue weighted by atomic mass is 10.0. The third kappa shape index (κ3) is 2.23. The van der Waals surface area contributed by atoms with E-state index in [9.17, 15) is 0 Å². The molecular weight excluding hydrogens is 268 g/mol. The Labute approximate surface area is 133 Å². The summed E-state index contributed by atoms with van der Waals surface area (Å²) in [5.41, 5.74) is 6.50. The molecule has 0 fully saturated rings. The van der Waals surface area contributed by atoms with Crippen molar-refractivity contribution in [1.82, 2.24) is 4.57 Å². The molecule has 2 nitrogen and oxygen atoms in total. The highest BCUT2D eigenvalue weighted by atomic mass is 15.2. The molecule has 0 aliphatic heterocycles. The van der Waals surface area contributed by atoms with Crippen molar-refractivity contribution >= 4 is 11.0 Å². The number of hydrogen-bond acceptors (Lipinski definition) is 0. The summed E-state index contributed by atoms with van der Waals surface area (Å²) >= 11 is 0. The Balaban J connectivity index is 2.48. The minimum atomic E-state index is 0.0202. The van der Waals surface area contributed by atoms with E-state index in [0.29, 0.717) is 0 Å². The van der Waals surface area contributed by atoms with Gasteiger partial charge in [-0.2, -0.15) is 0 Å². The van der Waals surface area contributed by atoms with Crippen LogP contribution >= 0.6 is 0 Å². The molecule has 0 atom stereocenters. The van der Waals surface area contributed by atoms with Crippen LogP contribution in [0.15, 0.2) is 42.5 Å². The molecule has 0 N–H and O–H groups in total. The molecule has 2 heteroatoms. The number of para-hydroxylation sites is 2. The van der Waals surface area contributed by atoms with Gasteiger partial charge in [-0.3, -0.25) is 0 Å². The minimum Gasteiger partial charge on any atom is -0.226 e. The second-order valence-corrected chi connectivity index (χ2v) is 7.20. The van der Waals surface area contributed by atoms with Crippen molar-refractivity contribution in [2.75, 3.05) is 0 Å². The van der Waals surface area contributed by atoms with Gasteiger partial charge in [-0.1, -0.05) is 29.8 Å². The highest BCUT2D eigenvalue weighted by Gasteiger charge is 2.32. The van der Waals surface area contributed by atoms with Crippen LogP contribution in [0.5, 0.6) is 0 Å². The average molecular weight is 293 g/mol. The number of aryl methyl sites for hydroxylation is 3. The second-order valence-electron chi connectivity index (χ2n) is 7.20. The van der Waals surface area contributed by atoms with Crippen molar-refractivity contribution in [3.8, 4) is 11.4 Å². The van der Waals surface area contributed by atoms with Gasteiger partial charge < -0.3 is 0 Å². The first-order valence-corrected chi connectivity index (χ1v) is 7.88. The molecule has 0 spiro atoms. The van der Waals surface area contributed by atoms with Gasteiger partial charge in [0.25, 0.3) is 5.82 Å². The first kappa shape index (κ1) is 14.8. The van der Waals surface area contributed by atoms with Crippen LogP contribution in [0.25, 0.3) is 22.4 Å². The van der Waals surface area contributed by atoms with E-state index in [1.807, 2.05) is 0 Å². The predicted molar refractivity (Wildman–Crippen MR) is 93.0 cm³/mol. The third-order valence-corrected chi connectivity index (χ3v) is 4.32. The summed E-state index contributed by atoms with van der Waals surface area (Å²) in [7, 11) is 2.17. The molecule has 3 aromatic rings. The van der Waals surface area contributed by atoms with Gasteiger partial charge in [0.1, 0.15) is 5.54 Å². The summed E-state index contributed by atoms with van der Waals surface area (Å²) < 4.78 is 4.78. The maximum atomic E-state index is 2.46. The van der Waals surface area contributed by atoms with E-state index in [2.05, 4.69) is 93.3 Å². The summed E-state index contributed by atoms with van der Waals surface area (Å²) in [5, 5.41) is 0. The normalized spacial score (nSPS) is 12.1. The molecule has 3 rings (SSSR count). The van der Waals surface area contributed by atoms with E-state index in [1.54, 1.807) is 0 Å². The van der Waals surface area contributed by atoms with Gasteiger partial charge in [-0.15, -0.1) is 0 Å². The molecule has 0 unspecified atom stereocenters. The lowest BCUT2D eigenvalue weighted by Crippen LogP contribution is -2.33. The molecule has 0 amide bonds. The number of benzene rings is 2. The van der Waals surface area contributed by atoms with Crippen LogP contribution in [-0.2, 0) is 12.6 Å². The van der Waals surface area contributed by atoms with Crippen LogP contribution in [0.2, 0.25) is 0 Å². The fourth-order valence-corrected chi connectivity index (χ4v) is 3.27. The zero-order valence-electron chi connectivity index (χ0n) is 14.4. The summed E-state index contributed by atoms with van der Waals surface area (Å²) in [6, 6.07) is 15.4. The number of aromatic nitrogens is 2. The Morgan fingerprint density at radius 3 is 2.32 bits per heavy atom. The quantitative estimate of drug-likeness (QED) is 0.584. The smallest absolute Gasteiger partial charge is 0.226 e. The maximum Gasteiger partial charge on any atom is 0.290 e. The van der Waals surface area contributed by atoms with Crippen molar-refractivity contribution in [3.63, 3.8) is 0 Å². The molecule has 0 radical (unpaired) electrons. The lowest BCUT2D eigenvalue weighted by molar-refractivity contribution is -0.634. The molecule has 0 aliphatic carbocycles. The van der Waals surface area contributed by atoms with Crippen LogP contribution in [0.4, 0.5) is 0 Å². The molecule has 0 aliphatic rings. The van der Waals surface area contributed by atoms with Crippen LogP contribution < -0.4 is 4.57 Å². The Bertz CT molecular complexity index is 848. The number of nitrogens with zero attached hydrogens (tertiary/aromatic N) is 2. The van der Waals surface area contributed by atoms with E-state index in [4.69, 9.17) is 0 Å². The SMILES string of the molecule is Cc1ccc(C)c(-c2n(C(C)(C)C)c3ccccc3[n+]2C)c1. The van der Waals surface area contributed by atoms with Crippen LogP contribution in [-0.4, -0.2) is 4.57 Å². The van der Waals surface area contributed by atoms with E-state index >= 15 is 0 Å². The number of imidazole rings is 1. The fourth-order valence-electron chi connectivity index (χ4n) is 3.27. The van der Waals surface area contributed by atoms with Gasteiger partial charge >= 0.3 is 0 Å². The van der Waals surface area contributed by atoms with Gasteiger partial charge in [0.15, 0.2) is 11.0 Å². The van der Waals surface area contributed by atoms with E-state index in [1.165, 1.54) is 33.5 Å². The van der Waals surface area contributed by atoms with Gasteiger partial charge in [0.2, 0.25) is 0 Å². The highest BCUT2D eigenvalue weighted by Crippen LogP contribution is 2.31. The van der Waals surface area contributed by atoms with Gasteiger partial charge in [0.05, 0.1) is 12.6 Å². The van der Waals surface area contributed by atoms with Crippen LogP contribution in [0.1, 0.15) is 31.9 Å². The molecular formula is C20H25N2+. The second kappa shape index (κ2) is 4.98. The lowest BCUT2D eigenvalue weighted by Gasteiger charge is -2.19. The third-order valence-electron chi connectivity index (χ3n) is 4.32. The monoisotopic (exact) mass is 293 g/mol. The molecule has 0 saturated carbocycles. The predicted octanol–water partition coefficient (Wildman–Crippen LogP) is 4.50. The Morgan fingerprint density at radius 2 is 1.64 bits per heavy atom. The molecule has 1 aromatic heterocycles. The van der Waals surface area contributed by atoms with Crippen molar-refractivity contribution in [3.05, 3.63) is 53.6 Å². The molecule has 2 aromatic carbocycles. The zero-order valence-corrected chi connectivity index (χ0v) is 14.4. The minimum absolute atomic E-state index is 0.0202. The van der Waals surface area contributed by atoms with Crippen molar-refractivity contribution in [2.24, 2.45) is 7.05 Å². The average Bonchev–Trinajstić information content (AvgIpc) is 2.75. The maximum absolute atomic E-state index is 2.46. The largest absolute Gasteiger partial charge is 0.290 e. The van der Waals surface area contributed by atoms with E-state index in [-0.39, 0.29) is 5.54 Å². The summed E-state index contributed by atoms with van der Waals surface area (Å²) in [6.07, 6.45) is 0. The number of hydrogen-bond donors (Lipinski definition) is 0. The standard InChI is InChI=1S/C20H25N2/c1-14-11-12-15(2)16(13-14)19-21(6)17-9-7-8-10-18(17)22(19)20(3,4)5/h7-13H,1-6H3/q+1. The molecule has 22 heavy (non-hydrogen) atoms. The van der Waals surface area contributed by atoms with Gasteiger partial charge in [-0.25, -0.2) is 9.13 Å². The molecule has 1 heterocycles. The fraction of sp³-hybridized carbons (Fsp3) is 0.350. The topological polar surface area (TPSA) is 8.81 Å². The van der Waals surface area contributed by atoms with Crippen LogP contribution in [0, 0.1) is 13.8 Å². The van der Waals surface area contributed by atoms with Gasteiger partial charge in [-0.05, 0) is 58.4 Å². The van der Waals surface area contributed by atoms with Crippen molar-refractivity contribution in [2.45, 2.75) is 40.2 Å². The van der Waals surface area contributed by atoms with Crippen molar-refractivity contribution < 1.29 is 4.57 Å². The highest BCUT2D eigenvalue weighted by molar-refractivity contribution is 5.77.